The topological polar surface area (TPSA) is 77.4 Å². The van der Waals surface area contributed by atoms with E-state index in [9.17, 15) is 18.0 Å². The number of amides is 1. The second-order valence-corrected chi connectivity index (χ2v) is 6.80. The molecule has 1 amide bonds. The Morgan fingerprint density at radius 1 is 1.26 bits per heavy atom. The van der Waals surface area contributed by atoms with Crippen LogP contribution in [-0.4, -0.2) is 42.0 Å². The van der Waals surface area contributed by atoms with Gasteiger partial charge in [0.25, 0.3) is 5.91 Å². The van der Waals surface area contributed by atoms with Gasteiger partial charge in [-0.15, -0.1) is 0 Å². The van der Waals surface area contributed by atoms with Crippen LogP contribution in [0.3, 0.4) is 0 Å². The Kier molecular flexibility index (Phi) is 6.19. The number of nitrogens with zero attached hydrogens (tertiary/aromatic N) is 2. The Labute approximate surface area is 175 Å². The zero-order valence-corrected chi connectivity index (χ0v) is 16.2. The van der Waals surface area contributed by atoms with E-state index in [0.717, 1.165) is 6.54 Å². The van der Waals surface area contributed by atoms with E-state index >= 15 is 0 Å². The molecule has 1 aliphatic rings. The molecule has 1 atom stereocenters. The molecule has 0 saturated carbocycles. The van der Waals surface area contributed by atoms with Crippen LogP contribution in [0.5, 0.6) is 5.75 Å². The van der Waals surface area contributed by atoms with E-state index < -0.39 is 18.3 Å². The highest BCUT2D eigenvalue weighted by Gasteiger charge is 2.20. The number of halogens is 3. The van der Waals surface area contributed by atoms with Crippen molar-refractivity contribution in [2.45, 2.75) is 12.7 Å². The minimum atomic E-state index is -2.91. The molecule has 0 aliphatic carbocycles. The average Bonchev–Trinajstić information content (AvgIpc) is 3.25. The normalized spacial score (nSPS) is 16.3. The lowest BCUT2D eigenvalue weighted by Crippen LogP contribution is -2.33. The summed E-state index contributed by atoms with van der Waals surface area (Å²) in [6.07, 6.45) is 2.46. The molecule has 1 saturated heterocycles. The molecule has 162 valence electrons. The van der Waals surface area contributed by atoms with Crippen LogP contribution in [0.15, 0.2) is 54.9 Å². The summed E-state index contributed by atoms with van der Waals surface area (Å²) >= 11 is 0. The highest BCUT2D eigenvalue weighted by atomic mass is 19.3. The van der Waals surface area contributed by atoms with Crippen molar-refractivity contribution >= 4 is 11.6 Å². The maximum atomic E-state index is 14.5. The van der Waals surface area contributed by atoms with Crippen molar-refractivity contribution in [2.24, 2.45) is 0 Å². The largest absolute Gasteiger partial charge is 0.435 e. The standard InChI is InChI=1S/C21H19F3N4O3/c22-18-9-14(1-6-17(18)19-11-25-7-8-30-19)27-20(29)13-10-26-28(12-13)15-2-4-16(5-3-15)31-21(23)24/h1-6,9-10,12,19,21,25H,7-8,11H2,(H,27,29)/t19-/m0/s1. The summed E-state index contributed by atoms with van der Waals surface area (Å²) in [7, 11) is 0. The molecule has 2 aromatic carbocycles. The van der Waals surface area contributed by atoms with Gasteiger partial charge in [0, 0.05) is 30.5 Å². The molecule has 0 radical (unpaired) electrons. The fraction of sp³-hybridized carbons (Fsp3) is 0.238. The zero-order valence-electron chi connectivity index (χ0n) is 16.2. The van der Waals surface area contributed by atoms with E-state index in [4.69, 9.17) is 4.74 Å². The van der Waals surface area contributed by atoms with Gasteiger partial charge in [0.2, 0.25) is 0 Å². The van der Waals surface area contributed by atoms with Crippen LogP contribution in [0, 0.1) is 5.82 Å². The number of nitrogens with one attached hydrogen (secondary N) is 2. The highest BCUT2D eigenvalue weighted by molar-refractivity contribution is 6.04. The number of hydrogen-bond donors (Lipinski definition) is 2. The van der Waals surface area contributed by atoms with E-state index in [0.29, 0.717) is 30.1 Å². The Bertz CT molecular complexity index is 1050. The van der Waals surface area contributed by atoms with Crippen molar-refractivity contribution in [3.63, 3.8) is 0 Å². The van der Waals surface area contributed by atoms with Gasteiger partial charge in [-0.1, -0.05) is 6.07 Å². The van der Waals surface area contributed by atoms with E-state index in [1.807, 2.05) is 0 Å². The quantitative estimate of drug-likeness (QED) is 0.623. The van der Waals surface area contributed by atoms with E-state index in [-0.39, 0.29) is 17.4 Å². The van der Waals surface area contributed by atoms with Gasteiger partial charge in [-0.05, 0) is 36.4 Å². The number of benzene rings is 2. The second kappa shape index (κ2) is 9.19. The summed E-state index contributed by atoms with van der Waals surface area (Å²) in [5, 5.41) is 9.88. The highest BCUT2D eigenvalue weighted by Crippen LogP contribution is 2.25. The minimum Gasteiger partial charge on any atom is -0.435 e. The van der Waals surface area contributed by atoms with Gasteiger partial charge in [0.05, 0.1) is 30.2 Å². The molecule has 31 heavy (non-hydrogen) atoms. The van der Waals surface area contributed by atoms with E-state index in [1.54, 1.807) is 12.1 Å². The molecule has 7 nitrogen and oxygen atoms in total. The van der Waals surface area contributed by atoms with Gasteiger partial charge in [0.1, 0.15) is 11.6 Å². The molecule has 4 rings (SSSR count). The predicted molar refractivity (Wildman–Crippen MR) is 106 cm³/mol. The Morgan fingerprint density at radius 2 is 2.06 bits per heavy atom. The molecule has 3 aromatic rings. The van der Waals surface area contributed by atoms with Crippen molar-refractivity contribution in [1.29, 1.82) is 0 Å². The number of rotatable bonds is 6. The van der Waals surface area contributed by atoms with Gasteiger partial charge in [-0.3, -0.25) is 4.79 Å². The Balaban J connectivity index is 1.42. The lowest BCUT2D eigenvalue weighted by Gasteiger charge is -2.24. The van der Waals surface area contributed by atoms with Crippen LogP contribution in [0.1, 0.15) is 22.0 Å². The molecule has 10 heteroatoms. The van der Waals surface area contributed by atoms with Crippen molar-refractivity contribution < 1.29 is 27.4 Å². The molecule has 0 bridgehead atoms. The van der Waals surface area contributed by atoms with Crippen molar-refractivity contribution in [3.8, 4) is 11.4 Å². The lowest BCUT2D eigenvalue weighted by molar-refractivity contribution is -0.0498. The first-order valence-electron chi connectivity index (χ1n) is 9.52. The summed E-state index contributed by atoms with van der Waals surface area (Å²) in [5.74, 6) is -0.913. The van der Waals surface area contributed by atoms with Crippen LogP contribution in [0.2, 0.25) is 0 Å². The third kappa shape index (κ3) is 5.04. The predicted octanol–water partition coefficient (Wildman–Crippen LogP) is 3.53. The van der Waals surface area contributed by atoms with E-state index in [2.05, 4.69) is 20.5 Å². The van der Waals surface area contributed by atoms with Gasteiger partial charge in [-0.2, -0.15) is 13.9 Å². The number of ether oxygens (including phenoxy) is 2. The molecule has 0 unspecified atom stereocenters. The molecule has 0 spiro atoms. The lowest BCUT2D eigenvalue weighted by atomic mass is 10.1. The Hall–Kier alpha value is -3.37. The molecular weight excluding hydrogens is 413 g/mol. The van der Waals surface area contributed by atoms with Crippen LogP contribution >= 0.6 is 0 Å². The fourth-order valence-electron chi connectivity index (χ4n) is 3.20. The van der Waals surface area contributed by atoms with Crippen LogP contribution in [-0.2, 0) is 4.74 Å². The summed E-state index contributed by atoms with van der Waals surface area (Å²) in [6.45, 7) is -1.14. The molecular formula is C21H19F3N4O3. The summed E-state index contributed by atoms with van der Waals surface area (Å²) in [4.78, 5) is 12.5. The third-order valence-corrected chi connectivity index (χ3v) is 4.70. The number of carbonyl (C=O) groups is 1. The number of morpholine rings is 1. The average molecular weight is 432 g/mol. The van der Waals surface area contributed by atoms with Gasteiger partial charge in [0.15, 0.2) is 0 Å². The van der Waals surface area contributed by atoms with Crippen LogP contribution in [0.4, 0.5) is 18.9 Å². The van der Waals surface area contributed by atoms with Gasteiger partial charge >= 0.3 is 6.61 Å². The maximum absolute atomic E-state index is 14.5. The summed E-state index contributed by atoms with van der Waals surface area (Å²) in [6, 6.07) is 10.3. The monoisotopic (exact) mass is 432 g/mol. The first kappa shape index (κ1) is 20.9. The molecule has 2 N–H and O–H groups in total. The van der Waals surface area contributed by atoms with Crippen molar-refractivity contribution in [3.05, 3.63) is 71.8 Å². The molecule has 1 aromatic heterocycles. The SMILES string of the molecule is O=C(Nc1ccc([C@@H]2CNCCO2)c(F)c1)c1cnn(-c2ccc(OC(F)F)cc2)c1. The smallest absolute Gasteiger partial charge is 0.387 e. The van der Waals surface area contributed by atoms with Crippen molar-refractivity contribution in [1.82, 2.24) is 15.1 Å². The number of carbonyl (C=O) groups excluding carboxylic acids is 1. The zero-order chi connectivity index (χ0) is 21.8. The minimum absolute atomic E-state index is 0.0174. The first-order chi connectivity index (χ1) is 15.0. The van der Waals surface area contributed by atoms with Crippen LogP contribution in [0.25, 0.3) is 5.69 Å². The van der Waals surface area contributed by atoms with Gasteiger partial charge < -0.3 is 20.1 Å². The van der Waals surface area contributed by atoms with E-state index in [1.165, 1.54) is 47.4 Å². The third-order valence-electron chi connectivity index (χ3n) is 4.70. The molecule has 1 fully saturated rings. The number of alkyl halides is 2. The number of anilines is 1. The summed E-state index contributed by atoms with van der Waals surface area (Å²) in [5.41, 5.74) is 1.53. The second-order valence-electron chi connectivity index (χ2n) is 6.80. The first-order valence-corrected chi connectivity index (χ1v) is 9.52. The van der Waals surface area contributed by atoms with Crippen molar-refractivity contribution in [2.75, 3.05) is 25.0 Å². The number of hydrogen-bond acceptors (Lipinski definition) is 5. The maximum Gasteiger partial charge on any atom is 0.387 e. The molecule has 2 heterocycles. The summed E-state index contributed by atoms with van der Waals surface area (Å²) < 4.78 is 50.2. The fourth-order valence-corrected chi connectivity index (χ4v) is 3.20. The van der Waals surface area contributed by atoms with Gasteiger partial charge in [-0.25, -0.2) is 9.07 Å². The number of aromatic nitrogens is 2. The van der Waals surface area contributed by atoms with Crippen LogP contribution < -0.4 is 15.4 Å². The molecule has 1 aliphatic heterocycles. The Morgan fingerprint density at radius 3 is 2.74 bits per heavy atom.